The minimum Gasteiger partial charge on any atom is -0.349 e. The highest BCUT2D eigenvalue weighted by Gasteiger charge is 2.10. The van der Waals surface area contributed by atoms with Crippen LogP contribution < -0.4 is 5.32 Å². The topological polar surface area (TPSA) is 72.2 Å². The standard InChI is InChI=1S/C17H17ClN2O3S/c1-12(14-3-2-4-15(18)9-14)19-17(21)11-24-10-13-5-7-16(8-6-13)20(22)23/h2-9,12H,10-11H2,1H3,(H,19,21)/t12-/m0/s1. The number of carbonyl (C=O) groups is 1. The molecule has 0 aromatic heterocycles. The summed E-state index contributed by atoms with van der Waals surface area (Å²) >= 11 is 7.41. The van der Waals surface area contributed by atoms with Gasteiger partial charge in [-0.05, 0) is 30.2 Å². The predicted molar refractivity (Wildman–Crippen MR) is 97.3 cm³/mol. The van der Waals surface area contributed by atoms with Crippen molar-refractivity contribution in [3.63, 3.8) is 0 Å². The second-order valence-corrected chi connectivity index (χ2v) is 6.68. The number of nitro groups is 1. The molecule has 126 valence electrons. The van der Waals surface area contributed by atoms with Gasteiger partial charge in [0.05, 0.1) is 16.7 Å². The maximum absolute atomic E-state index is 12.0. The van der Waals surface area contributed by atoms with Gasteiger partial charge in [0.25, 0.3) is 5.69 Å². The Morgan fingerprint density at radius 3 is 2.62 bits per heavy atom. The number of non-ortho nitro benzene ring substituents is 1. The Labute approximate surface area is 149 Å². The molecule has 0 saturated heterocycles. The lowest BCUT2D eigenvalue weighted by Crippen LogP contribution is -2.28. The molecule has 24 heavy (non-hydrogen) atoms. The Bertz CT molecular complexity index is 722. The van der Waals surface area contributed by atoms with Crippen LogP contribution in [0.2, 0.25) is 5.02 Å². The van der Waals surface area contributed by atoms with E-state index in [2.05, 4.69) is 5.32 Å². The monoisotopic (exact) mass is 364 g/mol. The van der Waals surface area contributed by atoms with Crippen LogP contribution in [-0.4, -0.2) is 16.6 Å². The van der Waals surface area contributed by atoms with Crippen LogP contribution in [0.3, 0.4) is 0 Å². The van der Waals surface area contributed by atoms with Crippen molar-refractivity contribution in [2.24, 2.45) is 0 Å². The number of nitrogens with zero attached hydrogens (tertiary/aromatic N) is 1. The molecule has 0 spiro atoms. The molecule has 2 rings (SSSR count). The van der Waals surface area contributed by atoms with E-state index < -0.39 is 4.92 Å². The lowest BCUT2D eigenvalue weighted by atomic mass is 10.1. The zero-order valence-electron chi connectivity index (χ0n) is 13.1. The number of carbonyl (C=O) groups excluding carboxylic acids is 1. The molecule has 0 aliphatic heterocycles. The number of hydrogen-bond acceptors (Lipinski definition) is 4. The molecular weight excluding hydrogens is 348 g/mol. The fraction of sp³-hybridized carbons (Fsp3) is 0.235. The summed E-state index contributed by atoms with van der Waals surface area (Å²) in [5.74, 6) is 0.883. The Balaban J connectivity index is 1.77. The summed E-state index contributed by atoms with van der Waals surface area (Å²) in [5.41, 5.74) is 1.97. The van der Waals surface area contributed by atoms with Crippen molar-refractivity contribution in [2.45, 2.75) is 18.7 Å². The van der Waals surface area contributed by atoms with E-state index in [9.17, 15) is 14.9 Å². The van der Waals surface area contributed by atoms with Gasteiger partial charge in [-0.15, -0.1) is 11.8 Å². The van der Waals surface area contributed by atoms with Crippen molar-refractivity contribution < 1.29 is 9.72 Å². The molecule has 0 aliphatic rings. The molecule has 0 radical (unpaired) electrons. The molecule has 0 fully saturated rings. The maximum atomic E-state index is 12.0. The molecule has 7 heteroatoms. The molecule has 2 aromatic carbocycles. The van der Waals surface area contributed by atoms with Gasteiger partial charge in [-0.25, -0.2) is 0 Å². The number of halogens is 1. The van der Waals surface area contributed by atoms with E-state index in [1.807, 2.05) is 25.1 Å². The Morgan fingerprint density at radius 2 is 2.00 bits per heavy atom. The number of thioether (sulfide) groups is 1. The van der Waals surface area contributed by atoms with Crippen LogP contribution in [-0.2, 0) is 10.5 Å². The van der Waals surface area contributed by atoms with Crippen LogP contribution >= 0.6 is 23.4 Å². The molecule has 1 amide bonds. The SMILES string of the molecule is C[C@H](NC(=O)CSCc1ccc([N+](=O)[O-])cc1)c1cccc(Cl)c1. The van der Waals surface area contributed by atoms with Gasteiger partial charge >= 0.3 is 0 Å². The first-order valence-corrected chi connectivity index (χ1v) is 8.85. The van der Waals surface area contributed by atoms with Gasteiger partial charge in [-0.2, -0.15) is 0 Å². The fourth-order valence-corrected chi connectivity index (χ4v) is 3.12. The van der Waals surface area contributed by atoms with E-state index in [4.69, 9.17) is 11.6 Å². The molecule has 5 nitrogen and oxygen atoms in total. The van der Waals surface area contributed by atoms with Gasteiger partial charge in [0.1, 0.15) is 0 Å². The molecule has 1 N–H and O–H groups in total. The average Bonchev–Trinajstić information content (AvgIpc) is 2.55. The minimum atomic E-state index is -0.429. The predicted octanol–water partition coefficient (Wildman–Crippen LogP) is 4.36. The summed E-state index contributed by atoms with van der Waals surface area (Å²) in [4.78, 5) is 22.2. The number of amides is 1. The second-order valence-electron chi connectivity index (χ2n) is 5.26. The van der Waals surface area contributed by atoms with Gasteiger partial charge in [0.15, 0.2) is 0 Å². The first-order chi connectivity index (χ1) is 11.5. The fourth-order valence-electron chi connectivity index (χ4n) is 2.12. The molecule has 0 saturated carbocycles. The Hall–Kier alpha value is -2.05. The maximum Gasteiger partial charge on any atom is 0.269 e. The molecule has 0 aliphatic carbocycles. The third-order valence-electron chi connectivity index (χ3n) is 3.38. The summed E-state index contributed by atoms with van der Waals surface area (Å²) in [6, 6.07) is 13.6. The molecular formula is C17H17ClN2O3S. The average molecular weight is 365 g/mol. The summed E-state index contributed by atoms with van der Waals surface area (Å²) < 4.78 is 0. The van der Waals surface area contributed by atoms with Crippen molar-refractivity contribution in [1.29, 1.82) is 0 Å². The lowest BCUT2D eigenvalue weighted by molar-refractivity contribution is -0.384. The summed E-state index contributed by atoms with van der Waals surface area (Å²) in [6.45, 7) is 1.91. The summed E-state index contributed by atoms with van der Waals surface area (Å²) in [6.07, 6.45) is 0. The molecule has 0 heterocycles. The number of nitrogens with one attached hydrogen (secondary N) is 1. The molecule has 1 atom stereocenters. The first kappa shape index (κ1) is 18.3. The zero-order chi connectivity index (χ0) is 17.5. The Kier molecular flexibility index (Phi) is 6.63. The first-order valence-electron chi connectivity index (χ1n) is 7.31. The van der Waals surface area contributed by atoms with E-state index in [1.165, 1.54) is 23.9 Å². The van der Waals surface area contributed by atoms with Crippen LogP contribution in [0.4, 0.5) is 5.69 Å². The molecule has 0 bridgehead atoms. The highest BCUT2D eigenvalue weighted by atomic mass is 35.5. The van der Waals surface area contributed by atoms with E-state index in [1.54, 1.807) is 18.2 Å². The van der Waals surface area contributed by atoms with E-state index >= 15 is 0 Å². The van der Waals surface area contributed by atoms with Crippen LogP contribution in [0.5, 0.6) is 0 Å². The number of rotatable bonds is 7. The highest BCUT2D eigenvalue weighted by Crippen LogP contribution is 2.19. The van der Waals surface area contributed by atoms with Crippen molar-refractivity contribution >= 4 is 35.0 Å². The van der Waals surface area contributed by atoms with E-state index in [0.29, 0.717) is 16.5 Å². The van der Waals surface area contributed by atoms with E-state index in [0.717, 1.165) is 11.1 Å². The molecule has 2 aromatic rings. The zero-order valence-corrected chi connectivity index (χ0v) is 14.6. The summed E-state index contributed by atoms with van der Waals surface area (Å²) in [7, 11) is 0. The van der Waals surface area contributed by atoms with Gasteiger partial charge in [0, 0.05) is 22.9 Å². The highest BCUT2D eigenvalue weighted by molar-refractivity contribution is 7.99. The van der Waals surface area contributed by atoms with Crippen LogP contribution in [0.15, 0.2) is 48.5 Å². The number of nitro benzene ring substituents is 1. The van der Waals surface area contributed by atoms with Gasteiger partial charge in [-0.1, -0.05) is 35.9 Å². The number of benzene rings is 2. The van der Waals surface area contributed by atoms with Crippen molar-refractivity contribution in [3.8, 4) is 0 Å². The smallest absolute Gasteiger partial charge is 0.269 e. The van der Waals surface area contributed by atoms with Crippen LogP contribution in [0.1, 0.15) is 24.1 Å². The minimum absolute atomic E-state index is 0.0608. The van der Waals surface area contributed by atoms with Crippen LogP contribution in [0, 0.1) is 10.1 Å². The molecule has 0 unspecified atom stereocenters. The van der Waals surface area contributed by atoms with Gasteiger partial charge in [0.2, 0.25) is 5.91 Å². The normalized spacial score (nSPS) is 11.8. The lowest BCUT2D eigenvalue weighted by Gasteiger charge is -2.14. The largest absolute Gasteiger partial charge is 0.349 e. The van der Waals surface area contributed by atoms with E-state index in [-0.39, 0.29) is 17.6 Å². The number of hydrogen-bond donors (Lipinski definition) is 1. The van der Waals surface area contributed by atoms with Crippen molar-refractivity contribution in [1.82, 2.24) is 5.32 Å². The Morgan fingerprint density at radius 1 is 1.29 bits per heavy atom. The third kappa shape index (κ3) is 5.54. The third-order valence-corrected chi connectivity index (χ3v) is 4.61. The van der Waals surface area contributed by atoms with Crippen LogP contribution in [0.25, 0.3) is 0 Å². The quantitative estimate of drug-likeness (QED) is 0.585. The summed E-state index contributed by atoms with van der Waals surface area (Å²) in [5, 5.41) is 14.2. The van der Waals surface area contributed by atoms with Crippen molar-refractivity contribution in [3.05, 3.63) is 74.8 Å². The van der Waals surface area contributed by atoms with Gasteiger partial charge in [-0.3, -0.25) is 14.9 Å². The van der Waals surface area contributed by atoms with Crippen molar-refractivity contribution in [2.75, 3.05) is 5.75 Å². The van der Waals surface area contributed by atoms with Gasteiger partial charge < -0.3 is 5.32 Å². The second kappa shape index (κ2) is 8.70.